The third kappa shape index (κ3) is 5.16. The topological polar surface area (TPSA) is 96.6 Å². The predicted octanol–water partition coefficient (Wildman–Crippen LogP) is 3.02. The quantitative estimate of drug-likeness (QED) is 0.554. The summed E-state index contributed by atoms with van der Waals surface area (Å²) in [5.41, 5.74) is -0.314. The zero-order valence-corrected chi connectivity index (χ0v) is 18.0. The molecule has 0 aliphatic carbocycles. The molecule has 0 bridgehead atoms. The van der Waals surface area contributed by atoms with Gasteiger partial charge >= 0.3 is 18.0 Å². The largest absolute Gasteiger partial charge is 0.416 e. The van der Waals surface area contributed by atoms with Crippen LogP contribution in [0.3, 0.4) is 0 Å². The van der Waals surface area contributed by atoms with E-state index in [1.54, 1.807) is 29.2 Å². The number of carbonyl (C=O) groups is 1. The van der Waals surface area contributed by atoms with Gasteiger partial charge in [-0.1, -0.05) is 29.4 Å². The number of nitrogens with zero attached hydrogens (tertiary/aromatic N) is 4. The molecule has 12 heteroatoms. The van der Waals surface area contributed by atoms with Gasteiger partial charge in [0.05, 0.1) is 10.5 Å². The number of aromatic nitrogens is 2. The molecule has 1 saturated heterocycles. The number of piperazine rings is 1. The summed E-state index contributed by atoms with van der Waals surface area (Å²) >= 11 is 0. The maximum Gasteiger partial charge on any atom is 0.416 e. The Morgan fingerprint density at radius 2 is 1.70 bits per heavy atom. The minimum absolute atomic E-state index is 0.105. The molecule has 1 aliphatic rings. The van der Waals surface area contributed by atoms with Crippen molar-refractivity contribution < 1.29 is 30.9 Å². The SMILES string of the molecule is O=C(c1nc(CS(=O)(=O)c2ccccc2)no1)N1CCN(c2cccc(C(F)(F)F)c2)CC1. The number of alkyl halides is 3. The molecule has 3 aromatic rings. The summed E-state index contributed by atoms with van der Waals surface area (Å²) < 4.78 is 68.7. The first-order valence-electron chi connectivity index (χ1n) is 9.95. The van der Waals surface area contributed by atoms with Gasteiger partial charge in [-0.3, -0.25) is 4.79 Å². The Bertz CT molecular complexity index is 1240. The summed E-state index contributed by atoms with van der Waals surface area (Å²) in [5, 5.41) is 3.61. The van der Waals surface area contributed by atoms with Gasteiger partial charge in [-0.25, -0.2) is 8.42 Å². The summed E-state index contributed by atoms with van der Waals surface area (Å²) in [6, 6.07) is 12.8. The fourth-order valence-corrected chi connectivity index (χ4v) is 4.66. The lowest BCUT2D eigenvalue weighted by Gasteiger charge is -2.35. The van der Waals surface area contributed by atoms with Crippen LogP contribution >= 0.6 is 0 Å². The summed E-state index contributed by atoms with van der Waals surface area (Å²) in [4.78, 5) is 19.9. The number of anilines is 1. The van der Waals surface area contributed by atoms with Gasteiger partial charge in [-0.15, -0.1) is 0 Å². The van der Waals surface area contributed by atoms with Crippen molar-refractivity contribution in [3.63, 3.8) is 0 Å². The number of hydrogen-bond donors (Lipinski definition) is 0. The Labute approximate surface area is 187 Å². The highest BCUT2D eigenvalue weighted by molar-refractivity contribution is 7.90. The van der Waals surface area contributed by atoms with Crippen LogP contribution in [0.25, 0.3) is 0 Å². The van der Waals surface area contributed by atoms with Crippen LogP contribution in [-0.2, 0) is 21.8 Å². The van der Waals surface area contributed by atoms with Gasteiger partial charge in [0.2, 0.25) is 0 Å². The molecule has 2 heterocycles. The number of rotatable bonds is 5. The number of hydrogen-bond acceptors (Lipinski definition) is 7. The summed E-state index contributed by atoms with van der Waals surface area (Å²) in [7, 11) is -3.70. The third-order valence-corrected chi connectivity index (χ3v) is 6.81. The average molecular weight is 480 g/mol. The van der Waals surface area contributed by atoms with E-state index in [4.69, 9.17) is 4.52 Å². The van der Waals surface area contributed by atoms with Gasteiger partial charge in [-0.2, -0.15) is 18.2 Å². The van der Waals surface area contributed by atoms with Crippen molar-refractivity contribution in [2.24, 2.45) is 0 Å². The molecule has 174 valence electrons. The van der Waals surface area contributed by atoms with Crippen LogP contribution in [0.5, 0.6) is 0 Å². The minimum Gasteiger partial charge on any atom is -0.368 e. The zero-order chi connectivity index (χ0) is 23.6. The van der Waals surface area contributed by atoms with Crippen LogP contribution in [0.1, 0.15) is 22.1 Å². The second-order valence-corrected chi connectivity index (χ2v) is 9.40. The van der Waals surface area contributed by atoms with E-state index in [2.05, 4.69) is 10.1 Å². The third-order valence-electron chi connectivity index (χ3n) is 5.18. The smallest absolute Gasteiger partial charge is 0.368 e. The molecule has 0 atom stereocenters. The second kappa shape index (κ2) is 8.85. The number of benzene rings is 2. The monoisotopic (exact) mass is 480 g/mol. The number of halogens is 3. The zero-order valence-electron chi connectivity index (χ0n) is 17.2. The Morgan fingerprint density at radius 3 is 2.36 bits per heavy atom. The van der Waals surface area contributed by atoms with Crippen molar-refractivity contribution in [1.82, 2.24) is 15.0 Å². The van der Waals surface area contributed by atoms with E-state index in [9.17, 15) is 26.4 Å². The molecule has 33 heavy (non-hydrogen) atoms. The summed E-state index contributed by atoms with van der Waals surface area (Å²) in [6.45, 7) is 1.09. The second-order valence-electron chi connectivity index (χ2n) is 7.42. The first-order chi connectivity index (χ1) is 15.6. The van der Waals surface area contributed by atoms with Gasteiger partial charge in [0.15, 0.2) is 15.7 Å². The number of sulfone groups is 1. The van der Waals surface area contributed by atoms with Crippen molar-refractivity contribution in [2.45, 2.75) is 16.8 Å². The standard InChI is InChI=1S/C21H19F3N4O4S/c22-21(23,24)15-5-4-6-16(13-15)27-9-11-28(12-10-27)20(29)19-25-18(26-32-19)14-33(30,31)17-7-2-1-3-8-17/h1-8,13H,9-12,14H2. The van der Waals surface area contributed by atoms with Gasteiger partial charge < -0.3 is 14.3 Å². The lowest BCUT2D eigenvalue weighted by molar-refractivity contribution is -0.137. The molecule has 0 spiro atoms. The molecule has 2 aromatic carbocycles. The van der Waals surface area contributed by atoms with Crippen molar-refractivity contribution in [2.75, 3.05) is 31.1 Å². The Balaban J connectivity index is 1.38. The molecule has 0 N–H and O–H groups in total. The highest BCUT2D eigenvalue weighted by Crippen LogP contribution is 2.32. The van der Waals surface area contributed by atoms with Crippen LogP contribution in [-0.4, -0.2) is 55.5 Å². The summed E-state index contributed by atoms with van der Waals surface area (Å²) in [6.07, 6.45) is -4.43. The van der Waals surface area contributed by atoms with Crippen LogP contribution in [0.15, 0.2) is 64.0 Å². The van der Waals surface area contributed by atoms with E-state index < -0.39 is 33.2 Å². The molecule has 0 saturated carbocycles. The maximum atomic E-state index is 13.0. The van der Waals surface area contributed by atoms with Crippen LogP contribution < -0.4 is 4.90 Å². The Morgan fingerprint density at radius 1 is 1.00 bits per heavy atom. The van der Waals surface area contributed by atoms with E-state index in [0.29, 0.717) is 18.8 Å². The van der Waals surface area contributed by atoms with E-state index in [1.807, 2.05) is 0 Å². The fraction of sp³-hybridized carbons (Fsp3) is 0.286. The first kappa shape index (κ1) is 22.8. The normalized spacial score (nSPS) is 15.0. The highest BCUT2D eigenvalue weighted by atomic mass is 32.2. The molecule has 0 radical (unpaired) electrons. The predicted molar refractivity (Wildman–Crippen MR) is 111 cm³/mol. The van der Waals surface area contributed by atoms with E-state index >= 15 is 0 Å². The molecule has 4 rings (SSSR count). The lowest BCUT2D eigenvalue weighted by Crippen LogP contribution is -2.49. The van der Waals surface area contributed by atoms with Crippen LogP contribution in [0, 0.1) is 0 Å². The Hall–Kier alpha value is -3.41. The molecular formula is C21H19F3N4O4S. The Kier molecular flexibility index (Phi) is 6.11. The van der Waals surface area contributed by atoms with Crippen LogP contribution in [0.2, 0.25) is 0 Å². The van der Waals surface area contributed by atoms with Crippen molar-refractivity contribution in [3.8, 4) is 0 Å². The van der Waals surface area contributed by atoms with E-state index in [1.165, 1.54) is 23.1 Å². The molecular weight excluding hydrogens is 461 g/mol. The molecule has 8 nitrogen and oxygen atoms in total. The molecule has 0 unspecified atom stereocenters. The molecule has 1 fully saturated rings. The first-order valence-corrected chi connectivity index (χ1v) is 11.6. The van der Waals surface area contributed by atoms with E-state index in [-0.39, 0.29) is 29.7 Å². The van der Waals surface area contributed by atoms with Crippen molar-refractivity contribution >= 4 is 21.4 Å². The van der Waals surface area contributed by atoms with Gasteiger partial charge in [0.1, 0.15) is 5.75 Å². The van der Waals surface area contributed by atoms with Gasteiger partial charge in [0.25, 0.3) is 0 Å². The highest BCUT2D eigenvalue weighted by Gasteiger charge is 2.32. The van der Waals surface area contributed by atoms with Gasteiger partial charge in [-0.05, 0) is 30.3 Å². The van der Waals surface area contributed by atoms with Crippen LogP contribution in [0.4, 0.5) is 18.9 Å². The molecule has 1 amide bonds. The lowest BCUT2D eigenvalue weighted by atomic mass is 10.1. The average Bonchev–Trinajstić information content (AvgIpc) is 3.26. The van der Waals surface area contributed by atoms with Crippen molar-refractivity contribution in [1.29, 1.82) is 0 Å². The maximum absolute atomic E-state index is 13.0. The number of carbonyl (C=O) groups excluding carboxylic acids is 1. The fourth-order valence-electron chi connectivity index (χ4n) is 3.46. The summed E-state index contributed by atoms with van der Waals surface area (Å²) in [5.74, 6) is -1.54. The van der Waals surface area contributed by atoms with E-state index in [0.717, 1.165) is 12.1 Å². The molecule has 1 aromatic heterocycles. The number of amides is 1. The van der Waals surface area contributed by atoms with Gasteiger partial charge in [0, 0.05) is 31.9 Å². The van der Waals surface area contributed by atoms with Crippen molar-refractivity contribution in [3.05, 3.63) is 71.9 Å². The molecule has 1 aliphatic heterocycles. The minimum atomic E-state index is -4.43.